The second-order valence-electron chi connectivity index (χ2n) is 4.37. The van der Waals surface area contributed by atoms with E-state index in [-0.39, 0.29) is 0 Å². The molecule has 0 aliphatic heterocycles. The van der Waals surface area contributed by atoms with Crippen LogP contribution >= 0.6 is 0 Å². The minimum atomic E-state index is 0.819. The molecule has 1 radical (unpaired) electrons. The molecule has 0 aliphatic rings. The van der Waals surface area contributed by atoms with Crippen molar-refractivity contribution in [2.45, 2.75) is 6.82 Å². The second kappa shape index (κ2) is 6.85. The maximum absolute atomic E-state index is 5.43. The van der Waals surface area contributed by atoms with E-state index in [4.69, 9.17) is 9.47 Å². The summed E-state index contributed by atoms with van der Waals surface area (Å²) >= 11 is 0. The normalized spacial score (nSPS) is 10.6. The maximum atomic E-state index is 5.43. The van der Waals surface area contributed by atoms with Crippen LogP contribution in [0.25, 0.3) is 12.2 Å². The molecule has 0 unspecified atom stereocenters. The monoisotopic (exact) mass is 265 g/mol. The van der Waals surface area contributed by atoms with Crippen molar-refractivity contribution in [3.63, 3.8) is 0 Å². The van der Waals surface area contributed by atoms with Gasteiger partial charge in [0.25, 0.3) is 0 Å². The Balaban J connectivity index is 2.35. The van der Waals surface area contributed by atoms with Gasteiger partial charge in [0.05, 0.1) is 14.2 Å². The molecule has 3 heteroatoms. The van der Waals surface area contributed by atoms with Gasteiger partial charge in [-0.25, -0.2) is 0 Å². The zero-order valence-electron chi connectivity index (χ0n) is 12.1. The Bertz CT molecular complexity index is 566. The maximum Gasteiger partial charge on any atom is 0.158 e. The molecule has 2 nitrogen and oxygen atoms in total. The van der Waals surface area contributed by atoms with Gasteiger partial charge in [0, 0.05) is 0 Å². The Morgan fingerprint density at radius 3 is 1.90 bits per heavy atom. The first kappa shape index (κ1) is 14.3. The third-order valence-corrected chi connectivity index (χ3v) is 3.12. The number of hydrogen-bond acceptors (Lipinski definition) is 2. The summed E-state index contributed by atoms with van der Waals surface area (Å²) in [4.78, 5) is 0. The summed E-state index contributed by atoms with van der Waals surface area (Å²) in [5, 5.41) is 0. The highest BCUT2D eigenvalue weighted by atomic mass is 16.5. The molecule has 0 amide bonds. The molecule has 0 heterocycles. The van der Waals surface area contributed by atoms with E-state index in [1.54, 1.807) is 14.2 Å². The fourth-order valence-electron chi connectivity index (χ4n) is 2.10. The lowest BCUT2D eigenvalue weighted by Crippen LogP contribution is -2.17. The van der Waals surface area contributed by atoms with Crippen molar-refractivity contribution < 1.29 is 9.47 Å². The largest absolute Gasteiger partial charge is 0.497 e. The summed E-state index contributed by atoms with van der Waals surface area (Å²) in [5.74, 6) is 1.64. The Morgan fingerprint density at radius 1 is 0.850 bits per heavy atom. The van der Waals surface area contributed by atoms with Crippen LogP contribution in [-0.2, 0) is 0 Å². The first-order valence-corrected chi connectivity index (χ1v) is 6.57. The molecule has 0 spiro atoms. The van der Waals surface area contributed by atoms with Gasteiger partial charge in [-0.05, 0) is 28.7 Å². The van der Waals surface area contributed by atoms with E-state index >= 15 is 0 Å². The molecule has 101 valence electrons. The zero-order chi connectivity index (χ0) is 14.4. The molecular weight excluding hydrogens is 247 g/mol. The van der Waals surface area contributed by atoms with Crippen molar-refractivity contribution in [2.24, 2.45) is 0 Å². The summed E-state index contributed by atoms with van der Waals surface area (Å²) in [5.41, 5.74) is 3.19. The van der Waals surface area contributed by atoms with Gasteiger partial charge in [-0.1, -0.05) is 49.3 Å². The highest BCUT2D eigenvalue weighted by Gasteiger charge is 2.09. The average molecular weight is 265 g/mol. The van der Waals surface area contributed by atoms with Gasteiger partial charge < -0.3 is 9.47 Å². The van der Waals surface area contributed by atoms with Crippen molar-refractivity contribution in [3.05, 3.63) is 53.6 Å². The third-order valence-electron chi connectivity index (χ3n) is 3.12. The highest BCUT2D eigenvalue weighted by Crippen LogP contribution is 2.21. The zero-order valence-corrected chi connectivity index (χ0v) is 12.1. The van der Waals surface area contributed by atoms with Gasteiger partial charge in [0.1, 0.15) is 11.5 Å². The quantitative estimate of drug-likeness (QED) is 0.610. The van der Waals surface area contributed by atoms with Crippen molar-refractivity contribution in [2.75, 3.05) is 14.2 Å². The van der Waals surface area contributed by atoms with Gasteiger partial charge in [0.2, 0.25) is 0 Å². The van der Waals surface area contributed by atoms with E-state index in [2.05, 4.69) is 24.3 Å². The number of benzene rings is 2. The molecule has 2 aromatic carbocycles. The minimum absolute atomic E-state index is 0.819. The molecule has 0 saturated carbocycles. The van der Waals surface area contributed by atoms with E-state index in [9.17, 15) is 0 Å². The fourth-order valence-corrected chi connectivity index (χ4v) is 2.10. The van der Waals surface area contributed by atoms with Crippen molar-refractivity contribution in [3.8, 4) is 11.5 Å². The van der Waals surface area contributed by atoms with Crippen LogP contribution in [0.5, 0.6) is 11.5 Å². The number of rotatable bonds is 5. The number of methoxy groups -OCH3 is 2. The van der Waals surface area contributed by atoms with Crippen LogP contribution in [0, 0.1) is 0 Å². The molecule has 0 aliphatic carbocycles. The predicted octanol–water partition coefficient (Wildman–Crippen LogP) is 3.25. The summed E-state index contributed by atoms with van der Waals surface area (Å²) < 4.78 is 10.9. The van der Waals surface area contributed by atoms with E-state index in [1.165, 1.54) is 0 Å². The number of hydrogen-bond donors (Lipinski definition) is 0. The Morgan fingerprint density at radius 2 is 1.40 bits per heavy atom. The second-order valence-corrected chi connectivity index (χ2v) is 4.37. The molecule has 2 rings (SSSR count). The molecule has 0 saturated heterocycles. The molecule has 0 N–H and O–H groups in total. The molecule has 0 bridgehead atoms. The molecule has 2 aromatic rings. The third kappa shape index (κ3) is 3.24. The van der Waals surface area contributed by atoms with Gasteiger partial charge in [-0.3, -0.25) is 0 Å². The predicted molar refractivity (Wildman–Crippen MR) is 86.2 cm³/mol. The lowest BCUT2D eigenvalue weighted by molar-refractivity contribution is 0.400. The topological polar surface area (TPSA) is 18.5 Å². The standard InChI is InChI=1S/C17H18BO2/c1-18-17-15(19-2)11-14(12-16(17)20-3)10-9-13-7-5-4-6-8-13/h4-12H,1-3H3/b10-9+. The van der Waals surface area contributed by atoms with Crippen LogP contribution < -0.4 is 14.9 Å². The van der Waals surface area contributed by atoms with Crippen molar-refractivity contribution in [1.29, 1.82) is 0 Å². The van der Waals surface area contributed by atoms with Crippen LogP contribution in [0.4, 0.5) is 0 Å². The summed E-state index contributed by atoms with van der Waals surface area (Å²) in [7, 11) is 5.33. The van der Waals surface area contributed by atoms with Crippen LogP contribution in [-0.4, -0.2) is 21.5 Å². The highest BCUT2D eigenvalue weighted by molar-refractivity contribution is 6.54. The molecular formula is C17H18BO2. The Labute approximate surface area is 121 Å². The van der Waals surface area contributed by atoms with Gasteiger partial charge >= 0.3 is 0 Å². The molecule has 20 heavy (non-hydrogen) atoms. The van der Waals surface area contributed by atoms with Crippen LogP contribution in [0.2, 0.25) is 6.82 Å². The minimum Gasteiger partial charge on any atom is -0.497 e. The smallest absolute Gasteiger partial charge is 0.158 e. The van der Waals surface area contributed by atoms with Crippen molar-refractivity contribution in [1.82, 2.24) is 0 Å². The first-order valence-electron chi connectivity index (χ1n) is 6.57. The Kier molecular flexibility index (Phi) is 4.88. The van der Waals surface area contributed by atoms with Crippen LogP contribution in [0.1, 0.15) is 11.1 Å². The van der Waals surface area contributed by atoms with Crippen molar-refractivity contribution >= 4 is 24.9 Å². The van der Waals surface area contributed by atoms with E-state index in [1.807, 2.05) is 44.4 Å². The molecule has 0 fully saturated rings. The average Bonchev–Trinajstić information content (AvgIpc) is 2.52. The lowest BCUT2D eigenvalue weighted by Gasteiger charge is -2.13. The van der Waals surface area contributed by atoms with Gasteiger partial charge in [-0.15, -0.1) is 0 Å². The summed E-state index contributed by atoms with van der Waals surface area (Å²) in [6, 6.07) is 14.2. The fraction of sp³-hybridized carbons (Fsp3) is 0.176. The van der Waals surface area contributed by atoms with E-state index in [0.717, 1.165) is 28.1 Å². The summed E-state index contributed by atoms with van der Waals surface area (Å²) in [6.07, 6.45) is 4.13. The van der Waals surface area contributed by atoms with Gasteiger partial charge in [-0.2, -0.15) is 0 Å². The molecule has 0 aromatic heterocycles. The van der Waals surface area contributed by atoms with E-state index < -0.39 is 0 Å². The van der Waals surface area contributed by atoms with Gasteiger partial charge in [0.15, 0.2) is 7.28 Å². The van der Waals surface area contributed by atoms with Crippen LogP contribution in [0.15, 0.2) is 42.5 Å². The van der Waals surface area contributed by atoms with E-state index in [0.29, 0.717) is 0 Å². The lowest BCUT2D eigenvalue weighted by atomic mass is 9.72. The summed E-state index contributed by atoms with van der Waals surface area (Å²) in [6.45, 7) is 1.97. The SMILES string of the molecule is C[B]c1c(OC)cc(/C=C/c2ccccc2)cc1OC. The van der Waals surface area contributed by atoms with Crippen LogP contribution in [0.3, 0.4) is 0 Å². The number of ether oxygens (including phenoxy) is 2. The Hall–Kier alpha value is -2.16. The molecule has 0 atom stereocenters. The first-order chi connectivity index (χ1) is 9.78.